The van der Waals surface area contributed by atoms with Crippen LogP contribution >= 0.6 is 11.6 Å². The van der Waals surface area contributed by atoms with Crippen LogP contribution in [0.4, 0.5) is 0 Å². The summed E-state index contributed by atoms with van der Waals surface area (Å²) in [5, 5.41) is 4.49. The number of halogens is 1. The molecule has 3 heteroatoms. The standard InChI is InChI=1S/C14H21ClN2/c1-10(11-5-7-13(15)8-6-11)17-14-4-2-3-12(14)9-16/h5-8,10,12,14,17H,2-4,9,16H2,1H3/t10-,12?,14?/m1/s1. The van der Waals surface area contributed by atoms with Gasteiger partial charge in [-0.3, -0.25) is 0 Å². The Labute approximate surface area is 109 Å². The summed E-state index contributed by atoms with van der Waals surface area (Å²) in [6, 6.07) is 9.02. The second-order valence-electron chi connectivity index (χ2n) is 4.97. The Morgan fingerprint density at radius 2 is 2.06 bits per heavy atom. The maximum absolute atomic E-state index is 5.90. The molecular weight excluding hydrogens is 232 g/mol. The summed E-state index contributed by atoms with van der Waals surface area (Å²) in [5.41, 5.74) is 7.09. The van der Waals surface area contributed by atoms with Crippen LogP contribution in [0.3, 0.4) is 0 Å². The largest absolute Gasteiger partial charge is 0.330 e. The van der Waals surface area contributed by atoms with E-state index in [0.29, 0.717) is 18.0 Å². The molecule has 1 fully saturated rings. The van der Waals surface area contributed by atoms with Crippen molar-refractivity contribution in [1.29, 1.82) is 0 Å². The van der Waals surface area contributed by atoms with E-state index in [0.717, 1.165) is 11.6 Å². The molecule has 0 amide bonds. The van der Waals surface area contributed by atoms with Crippen molar-refractivity contribution in [1.82, 2.24) is 5.32 Å². The fraction of sp³-hybridized carbons (Fsp3) is 0.571. The van der Waals surface area contributed by atoms with E-state index < -0.39 is 0 Å². The van der Waals surface area contributed by atoms with E-state index in [4.69, 9.17) is 17.3 Å². The van der Waals surface area contributed by atoms with Crippen molar-refractivity contribution < 1.29 is 0 Å². The summed E-state index contributed by atoms with van der Waals surface area (Å²) in [6.07, 6.45) is 3.81. The highest BCUT2D eigenvalue weighted by Crippen LogP contribution is 2.27. The number of hydrogen-bond donors (Lipinski definition) is 2. The van der Waals surface area contributed by atoms with Gasteiger partial charge in [0.15, 0.2) is 0 Å². The van der Waals surface area contributed by atoms with Gasteiger partial charge in [-0.1, -0.05) is 30.2 Å². The van der Waals surface area contributed by atoms with E-state index in [1.54, 1.807) is 0 Å². The third-order valence-electron chi connectivity index (χ3n) is 3.80. The maximum Gasteiger partial charge on any atom is 0.0406 e. The topological polar surface area (TPSA) is 38.0 Å². The van der Waals surface area contributed by atoms with E-state index in [1.807, 2.05) is 12.1 Å². The van der Waals surface area contributed by atoms with E-state index in [2.05, 4.69) is 24.4 Å². The van der Waals surface area contributed by atoms with Crippen molar-refractivity contribution in [3.63, 3.8) is 0 Å². The normalized spacial score (nSPS) is 26.1. The molecule has 0 heterocycles. The van der Waals surface area contributed by atoms with Crippen molar-refractivity contribution in [3.05, 3.63) is 34.9 Å². The fourth-order valence-electron chi connectivity index (χ4n) is 2.71. The Hall–Kier alpha value is -0.570. The molecule has 0 bridgehead atoms. The number of benzene rings is 1. The molecule has 1 aliphatic carbocycles. The van der Waals surface area contributed by atoms with Crippen LogP contribution < -0.4 is 11.1 Å². The van der Waals surface area contributed by atoms with Crippen molar-refractivity contribution in [2.45, 2.75) is 38.3 Å². The smallest absolute Gasteiger partial charge is 0.0406 e. The predicted octanol–water partition coefficient (Wildman–Crippen LogP) is 3.12. The van der Waals surface area contributed by atoms with Gasteiger partial charge < -0.3 is 11.1 Å². The molecule has 3 N–H and O–H groups in total. The summed E-state index contributed by atoms with van der Waals surface area (Å²) < 4.78 is 0. The zero-order chi connectivity index (χ0) is 12.3. The van der Waals surface area contributed by atoms with Crippen LogP contribution in [0.2, 0.25) is 5.02 Å². The van der Waals surface area contributed by atoms with Gasteiger partial charge in [0.1, 0.15) is 0 Å². The molecule has 3 atom stereocenters. The first kappa shape index (κ1) is 12.9. The molecule has 0 saturated heterocycles. The third-order valence-corrected chi connectivity index (χ3v) is 4.05. The average Bonchev–Trinajstić information content (AvgIpc) is 2.77. The summed E-state index contributed by atoms with van der Waals surface area (Å²) in [5.74, 6) is 0.643. The van der Waals surface area contributed by atoms with Crippen LogP contribution in [0.5, 0.6) is 0 Å². The molecule has 1 saturated carbocycles. The zero-order valence-electron chi connectivity index (χ0n) is 10.3. The molecular formula is C14H21ClN2. The highest BCUT2D eigenvalue weighted by molar-refractivity contribution is 6.30. The molecule has 2 nitrogen and oxygen atoms in total. The van der Waals surface area contributed by atoms with Crippen LogP contribution in [0, 0.1) is 5.92 Å². The SMILES string of the molecule is C[C@@H](NC1CCCC1CN)c1ccc(Cl)cc1. The molecule has 0 aliphatic heterocycles. The molecule has 0 spiro atoms. The van der Waals surface area contributed by atoms with Crippen LogP contribution in [-0.2, 0) is 0 Å². The fourth-order valence-corrected chi connectivity index (χ4v) is 2.83. The summed E-state index contributed by atoms with van der Waals surface area (Å²) in [4.78, 5) is 0. The second-order valence-corrected chi connectivity index (χ2v) is 5.41. The van der Waals surface area contributed by atoms with E-state index >= 15 is 0 Å². The van der Waals surface area contributed by atoms with Gasteiger partial charge in [0.2, 0.25) is 0 Å². The lowest BCUT2D eigenvalue weighted by Gasteiger charge is -2.24. The van der Waals surface area contributed by atoms with Crippen LogP contribution in [0.15, 0.2) is 24.3 Å². The minimum atomic E-state index is 0.365. The van der Waals surface area contributed by atoms with Gasteiger partial charge in [0, 0.05) is 17.1 Å². The molecule has 17 heavy (non-hydrogen) atoms. The Morgan fingerprint density at radius 3 is 2.71 bits per heavy atom. The molecule has 1 aromatic rings. The van der Waals surface area contributed by atoms with Crippen molar-refractivity contribution in [2.24, 2.45) is 11.7 Å². The zero-order valence-corrected chi connectivity index (χ0v) is 11.1. The quantitative estimate of drug-likeness (QED) is 0.864. The van der Waals surface area contributed by atoms with Crippen LogP contribution in [-0.4, -0.2) is 12.6 Å². The Bertz CT molecular complexity index is 350. The minimum absolute atomic E-state index is 0.365. The average molecular weight is 253 g/mol. The number of nitrogens with two attached hydrogens (primary N) is 1. The van der Waals surface area contributed by atoms with Gasteiger partial charge in [0.05, 0.1) is 0 Å². The molecule has 1 aromatic carbocycles. The summed E-state index contributed by atoms with van der Waals surface area (Å²) in [7, 11) is 0. The first-order chi connectivity index (χ1) is 8.20. The van der Waals surface area contributed by atoms with Gasteiger partial charge in [-0.05, 0) is 49.9 Å². The number of nitrogens with one attached hydrogen (secondary N) is 1. The lowest BCUT2D eigenvalue weighted by Crippen LogP contribution is -2.37. The van der Waals surface area contributed by atoms with E-state index in [1.165, 1.54) is 24.8 Å². The molecule has 94 valence electrons. The predicted molar refractivity (Wildman–Crippen MR) is 73.2 cm³/mol. The first-order valence-corrected chi connectivity index (χ1v) is 6.80. The first-order valence-electron chi connectivity index (χ1n) is 6.42. The Balaban J connectivity index is 1.96. The van der Waals surface area contributed by atoms with Gasteiger partial charge in [-0.2, -0.15) is 0 Å². The van der Waals surface area contributed by atoms with Gasteiger partial charge in [-0.25, -0.2) is 0 Å². The monoisotopic (exact) mass is 252 g/mol. The van der Waals surface area contributed by atoms with Crippen molar-refractivity contribution in [3.8, 4) is 0 Å². The molecule has 2 rings (SSSR count). The van der Waals surface area contributed by atoms with Crippen LogP contribution in [0.25, 0.3) is 0 Å². The summed E-state index contributed by atoms with van der Waals surface area (Å²) >= 11 is 5.90. The lowest BCUT2D eigenvalue weighted by molar-refractivity contribution is 0.374. The maximum atomic E-state index is 5.90. The Morgan fingerprint density at radius 1 is 1.35 bits per heavy atom. The molecule has 1 aliphatic rings. The summed E-state index contributed by atoms with van der Waals surface area (Å²) in [6.45, 7) is 3.00. The van der Waals surface area contributed by atoms with Gasteiger partial charge in [0.25, 0.3) is 0 Å². The number of rotatable bonds is 4. The third kappa shape index (κ3) is 3.21. The minimum Gasteiger partial charge on any atom is -0.330 e. The van der Waals surface area contributed by atoms with Gasteiger partial charge in [-0.15, -0.1) is 0 Å². The van der Waals surface area contributed by atoms with Crippen molar-refractivity contribution >= 4 is 11.6 Å². The molecule has 0 radical (unpaired) electrons. The van der Waals surface area contributed by atoms with Gasteiger partial charge >= 0.3 is 0 Å². The molecule has 0 aromatic heterocycles. The highest BCUT2D eigenvalue weighted by atomic mass is 35.5. The second kappa shape index (κ2) is 5.85. The Kier molecular flexibility index (Phi) is 4.43. The van der Waals surface area contributed by atoms with Crippen LogP contribution in [0.1, 0.15) is 37.8 Å². The van der Waals surface area contributed by atoms with E-state index in [9.17, 15) is 0 Å². The number of hydrogen-bond acceptors (Lipinski definition) is 2. The van der Waals surface area contributed by atoms with E-state index in [-0.39, 0.29) is 0 Å². The lowest BCUT2D eigenvalue weighted by atomic mass is 10.0. The van der Waals surface area contributed by atoms with Crippen molar-refractivity contribution in [2.75, 3.05) is 6.54 Å². The highest BCUT2D eigenvalue weighted by Gasteiger charge is 2.26. The molecule has 2 unspecified atom stereocenters.